The Morgan fingerprint density at radius 2 is 1.91 bits per heavy atom. The summed E-state index contributed by atoms with van der Waals surface area (Å²) in [6.07, 6.45) is 8.77. The van der Waals surface area contributed by atoms with Crippen molar-refractivity contribution in [2.75, 3.05) is 0 Å². The van der Waals surface area contributed by atoms with Crippen molar-refractivity contribution in [3.8, 4) is 11.8 Å². The van der Waals surface area contributed by atoms with Crippen LogP contribution in [0.25, 0.3) is 5.69 Å². The smallest absolute Gasteiger partial charge is 0.186 e. The van der Waals surface area contributed by atoms with Crippen LogP contribution in [-0.4, -0.2) is 15.0 Å². The molecule has 0 amide bonds. The Balaban J connectivity index is 1.81. The first kappa shape index (κ1) is 15.7. The summed E-state index contributed by atoms with van der Waals surface area (Å²) in [5, 5.41) is 17.8. The highest BCUT2D eigenvalue weighted by atomic mass is 15.4. The maximum Gasteiger partial charge on any atom is 0.186 e. The second kappa shape index (κ2) is 7.41. The van der Waals surface area contributed by atoms with Crippen LogP contribution in [-0.2, 0) is 0 Å². The van der Waals surface area contributed by atoms with Crippen molar-refractivity contribution in [3.63, 3.8) is 0 Å². The molecule has 1 aliphatic carbocycles. The Labute approximate surface area is 138 Å². The highest BCUT2D eigenvalue weighted by molar-refractivity contribution is 5.38. The van der Waals surface area contributed by atoms with Crippen LogP contribution >= 0.6 is 0 Å². The molecule has 120 valence electrons. The van der Waals surface area contributed by atoms with Crippen LogP contribution in [0.1, 0.15) is 69.2 Å². The van der Waals surface area contributed by atoms with E-state index in [-0.39, 0.29) is 0 Å². The highest BCUT2D eigenvalue weighted by Gasteiger charge is 2.28. The fourth-order valence-electron chi connectivity index (χ4n) is 3.71. The number of aromatic nitrogens is 3. The number of nitrogens with zero attached hydrogens (tertiary/aromatic N) is 4. The van der Waals surface area contributed by atoms with Crippen molar-refractivity contribution in [2.45, 2.75) is 57.8 Å². The van der Waals surface area contributed by atoms with Crippen molar-refractivity contribution in [2.24, 2.45) is 5.92 Å². The van der Waals surface area contributed by atoms with Gasteiger partial charge in [0.05, 0.1) is 11.4 Å². The molecule has 1 heterocycles. The molecule has 1 aromatic heterocycles. The lowest BCUT2D eigenvalue weighted by atomic mass is 9.78. The average molecular weight is 308 g/mol. The van der Waals surface area contributed by atoms with Crippen molar-refractivity contribution in [1.29, 1.82) is 5.26 Å². The van der Waals surface area contributed by atoms with E-state index in [0.29, 0.717) is 11.6 Å². The molecule has 1 saturated carbocycles. The van der Waals surface area contributed by atoms with Gasteiger partial charge in [-0.25, -0.2) is 4.68 Å². The molecule has 0 atom stereocenters. The van der Waals surface area contributed by atoms with Gasteiger partial charge in [0, 0.05) is 5.92 Å². The summed E-state index contributed by atoms with van der Waals surface area (Å²) in [6, 6.07) is 12.3. The molecule has 4 heteroatoms. The van der Waals surface area contributed by atoms with Gasteiger partial charge in [-0.05, 0) is 43.7 Å². The van der Waals surface area contributed by atoms with Crippen molar-refractivity contribution < 1.29 is 0 Å². The SMILES string of the molecule is CCCCC1CCC(c2c(C#N)nnn2-c2ccccc2)CC1. The molecule has 1 aliphatic rings. The van der Waals surface area contributed by atoms with Gasteiger partial charge in [-0.2, -0.15) is 5.26 Å². The second-order valence-electron chi connectivity index (χ2n) is 6.54. The summed E-state index contributed by atoms with van der Waals surface area (Å²) in [6.45, 7) is 2.26. The zero-order valence-corrected chi connectivity index (χ0v) is 13.8. The minimum absolute atomic E-state index is 0.401. The van der Waals surface area contributed by atoms with E-state index in [0.717, 1.165) is 30.1 Å². The van der Waals surface area contributed by atoms with Crippen molar-refractivity contribution in [1.82, 2.24) is 15.0 Å². The van der Waals surface area contributed by atoms with Crippen LogP contribution in [0.2, 0.25) is 0 Å². The van der Waals surface area contributed by atoms with Crippen LogP contribution in [0.4, 0.5) is 0 Å². The molecular formula is C19H24N4. The zero-order valence-electron chi connectivity index (χ0n) is 13.8. The highest BCUT2D eigenvalue weighted by Crippen LogP contribution is 2.39. The molecule has 0 unspecified atom stereocenters. The normalized spacial score (nSPS) is 21.0. The van der Waals surface area contributed by atoms with Gasteiger partial charge in [0.25, 0.3) is 0 Å². The van der Waals surface area contributed by atoms with Crippen molar-refractivity contribution >= 4 is 0 Å². The molecular weight excluding hydrogens is 284 g/mol. The summed E-state index contributed by atoms with van der Waals surface area (Å²) >= 11 is 0. The molecule has 0 saturated heterocycles. The number of unbranched alkanes of at least 4 members (excludes halogenated alkanes) is 1. The Kier molecular flexibility index (Phi) is 5.07. The quantitative estimate of drug-likeness (QED) is 0.811. The second-order valence-corrected chi connectivity index (χ2v) is 6.54. The molecule has 1 aromatic carbocycles. The van der Waals surface area contributed by atoms with E-state index in [4.69, 9.17) is 0 Å². The van der Waals surface area contributed by atoms with Gasteiger partial charge in [-0.15, -0.1) is 5.10 Å². The molecule has 0 radical (unpaired) electrons. The fraction of sp³-hybridized carbons (Fsp3) is 0.526. The first-order chi connectivity index (χ1) is 11.3. The number of para-hydroxylation sites is 1. The number of rotatable bonds is 5. The predicted octanol–water partition coefficient (Wildman–Crippen LogP) is 4.60. The minimum atomic E-state index is 0.401. The Morgan fingerprint density at radius 3 is 2.57 bits per heavy atom. The summed E-state index contributed by atoms with van der Waals surface area (Å²) in [5.74, 6) is 1.26. The zero-order chi connectivity index (χ0) is 16.1. The van der Waals surface area contributed by atoms with Crippen LogP contribution < -0.4 is 0 Å². The molecule has 3 rings (SSSR count). The van der Waals surface area contributed by atoms with E-state index in [2.05, 4.69) is 23.3 Å². The third-order valence-electron chi connectivity index (χ3n) is 5.01. The third-order valence-corrected chi connectivity index (χ3v) is 5.01. The summed E-state index contributed by atoms with van der Waals surface area (Å²) in [4.78, 5) is 0. The Morgan fingerprint density at radius 1 is 1.17 bits per heavy atom. The number of nitriles is 1. The van der Waals surface area contributed by atoms with E-state index in [9.17, 15) is 5.26 Å². The predicted molar refractivity (Wildman–Crippen MR) is 90.3 cm³/mol. The van der Waals surface area contributed by atoms with Gasteiger partial charge in [-0.3, -0.25) is 0 Å². The lowest BCUT2D eigenvalue weighted by Gasteiger charge is -2.28. The largest absolute Gasteiger partial charge is 0.216 e. The van der Waals surface area contributed by atoms with Gasteiger partial charge >= 0.3 is 0 Å². The first-order valence-electron chi connectivity index (χ1n) is 8.74. The standard InChI is InChI=1S/C19H24N4/c1-2-3-7-15-10-12-16(13-11-15)19-18(14-20)21-22-23(19)17-8-5-4-6-9-17/h4-6,8-9,15-16H,2-3,7,10-13H2,1H3. The Bertz CT molecular complexity index is 660. The van der Waals surface area contributed by atoms with Crippen LogP contribution in [0.5, 0.6) is 0 Å². The van der Waals surface area contributed by atoms with Gasteiger partial charge in [-0.1, -0.05) is 49.6 Å². The molecule has 23 heavy (non-hydrogen) atoms. The van der Waals surface area contributed by atoms with E-state index >= 15 is 0 Å². The van der Waals surface area contributed by atoms with Gasteiger partial charge < -0.3 is 0 Å². The first-order valence-corrected chi connectivity index (χ1v) is 8.74. The molecule has 0 aliphatic heterocycles. The van der Waals surface area contributed by atoms with Crippen LogP contribution in [0, 0.1) is 17.2 Å². The minimum Gasteiger partial charge on any atom is -0.216 e. The molecule has 0 bridgehead atoms. The molecule has 4 nitrogen and oxygen atoms in total. The topological polar surface area (TPSA) is 54.5 Å². The van der Waals surface area contributed by atoms with Crippen LogP contribution in [0.3, 0.4) is 0 Å². The summed E-state index contributed by atoms with van der Waals surface area (Å²) in [7, 11) is 0. The lowest BCUT2D eigenvalue weighted by Crippen LogP contribution is -2.17. The maximum absolute atomic E-state index is 9.41. The van der Waals surface area contributed by atoms with Gasteiger partial charge in [0.15, 0.2) is 5.69 Å². The Hall–Kier alpha value is -2.15. The third kappa shape index (κ3) is 3.44. The van der Waals surface area contributed by atoms with E-state index < -0.39 is 0 Å². The van der Waals surface area contributed by atoms with E-state index in [1.165, 1.54) is 32.1 Å². The van der Waals surface area contributed by atoms with Gasteiger partial charge in [0.2, 0.25) is 0 Å². The van der Waals surface area contributed by atoms with E-state index in [1.807, 2.05) is 35.0 Å². The summed E-state index contributed by atoms with van der Waals surface area (Å²) < 4.78 is 1.87. The number of hydrogen-bond acceptors (Lipinski definition) is 3. The van der Waals surface area contributed by atoms with Gasteiger partial charge in [0.1, 0.15) is 6.07 Å². The monoisotopic (exact) mass is 308 g/mol. The molecule has 0 spiro atoms. The number of hydrogen-bond donors (Lipinski definition) is 0. The maximum atomic E-state index is 9.41. The fourth-order valence-corrected chi connectivity index (χ4v) is 3.71. The number of benzene rings is 1. The van der Waals surface area contributed by atoms with Crippen LogP contribution in [0.15, 0.2) is 30.3 Å². The van der Waals surface area contributed by atoms with Crippen molar-refractivity contribution in [3.05, 3.63) is 41.7 Å². The lowest BCUT2D eigenvalue weighted by molar-refractivity contribution is 0.299. The average Bonchev–Trinajstić information content (AvgIpc) is 3.05. The molecule has 2 aromatic rings. The molecule has 1 fully saturated rings. The van der Waals surface area contributed by atoms with E-state index in [1.54, 1.807) is 0 Å². The molecule has 0 N–H and O–H groups in total. The summed E-state index contributed by atoms with van der Waals surface area (Å²) in [5.41, 5.74) is 2.49.